The molecule has 1 aromatic rings. The normalized spacial score (nSPS) is 23.4. The molecule has 2 fully saturated rings. The van der Waals surface area contributed by atoms with E-state index < -0.39 is 10.0 Å². The summed E-state index contributed by atoms with van der Waals surface area (Å²) in [6, 6.07) is 1.71. The van der Waals surface area contributed by atoms with Crippen molar-refractivity contribution in [2.75, 3.05) is 32.8 Å². The second-order valence-corrected chi connectivity index (χ2v) is 8.26. The van der Waals surface area contributed by atoms with Gasteiger partial charge in [-0.05, 0) is 31.7 Å². The Morgan fingerprint density at radius 2 is 2.04 bits per heavy atom. The molecule has 2 saturated heterocycles. The van der Waals surface area contributed by atoms with Crippen LogP contribution in [-0.2, 0) is 14.8 Å². The number of amides is 1. The minimum atomic E-state index is -3.57. The highest BCUT2D eigenvalue weighted by Gasteiger charge is 2.30. The molecular formula is C16H25N3O4S. The van der Waals surface area contributed by atoms with E-state index in [1.54, 1.807) is 0 Å². The molecule has 0 radical (unpaired) electrons. The Hall–Kier alpha value is -1.38. The van der Waals surface area contributed by atoms with Crippen LogP contribution in [0.2, 0.25) is 0 Å². The van der Waals surface area contributed by atoms with Crippen LogP contribution < -0.4 is 0 Å². The maximum absolute atomic E-state index is 12.8. The number of rotatable bonds is 4. The molecule has 134 valence electrons. The lowest BCUT2D eigenvalue weighted by molar-refractivity contribution is 0.0602. The molecule has 1 aromatic heterocycles. The summed E-state index contributed by atoms with van der Waals surface area (Å²) in [7, 11) is -3.57. The number of hydrogen-bond donors (Lipinski definition) is 1. The lowest BCUT2D eigenvalue weighted by Crippen LogP contribution is -2.43. The SMILES string of the molecule is CCC1CCCCN1C(=O)c1cc(S(=O)(=O)N2CCOCC2)c[nH]1. The first kappa shape index (κ1) is 17.4. The maximum atomic E-state index is 12.8. The number of nitrogens with zero attached hydrogens (tertiary/aromatic N) is 2. The molecule has 2 aliphatic rings. The molecule has 3 heterocycles. The highest BCUT2D eigenvalue weighted by atomic mass is 32.2. The van der Waals surface area contributed by atoms with E-state index in [-0.39, 0.29) is 16.8 Å². The van der Waals surface area contributed by atoms with Gasteiger partial charge in [-0.1, -0.05) is 6.92 Å². The molecule has 7 nitrogen and oxygen atoms in total. The lowest BCUT2D eigenvalue weighted by Gasteiger charge is -2.35. The van der Waals surface area contributed by atoms with E-state index in [0.29, 0.717) is 32.0 Å². The number of H-pyrrole nitrogens is 1. The van der Waals surface area contributed by atoms with Gasteiger partial charge in [-0.2, -0.15) is 4.31 Å². The first-order valence-electron chi connectivity index (χ1n) is 8.61. The van der Waals surface area contributed by atoms with Gasteiger partial charge >= 0.3 is 0 Å². The molecule has 0 saturated carbocycles. The van der Waals surface area contributed by atoms with Crippen molar-refractivity contribution in [2.45, 2.75) is 43.5 Å². The molecule has 0 aliphatic carbocycles. The van der Waals surface area contributed by atoms with Crippen molar-refractivity contribution in [3.63, 3.8) is 0 Å². The molecular weight excluding hydrogens is 330 g/mol. The standard InChI is InChI=1S/C16H25N3O4S/c1-2-13-5-3-4-6-19(13)16(20)15-11-14(12-17-15)24(21,22)18-7-9-23-10-8-18/h11-13,17H,2-10H2,1H3. The largest absolute Gasteiger partial charge is 0.379 e. The monoisotopic (exact) mass is 355 g/mol. The summed E-state index contributed by atoms with van der Waals surface area (Å²) >= 11 is 0. The third-order valence-corrected chi connectivity index (χ3v) is 6.73. The second kappa shape index (κ2) is 7.25. The Balaban J connectivity index is 1.78. The van der Waals surface area contributed by atoms with Crippen molar-refractivity contribution in [3.05, 3.63) is 18.0 Å². The van der Waals surface area contributed by atoms with Crippen LogP contribution in [0.1, 0.15) is 43.1 Å². The van der Waals surface area contributed by atoms with Gasteiger partial charge in [0.1, 0.15) is 10.6 Å². The zero-order valence-corrected chi connectivity index (χ0v) is 14.8. The van der Waals surface area contributed by atoms with E-state index in [4.69, 9.17) is 4.74 Å². The Morgan fingerprint density at radius 3 is 2.75 bits per heavy atom. The van der Waals surface area contributed by atoms with E-state index in [1.165, 1.54) is 16.6 Å². The number of sulfonamides is 1. The van der Waals surface area contributed by atoms with Crippen LogP contribution in [0.15, 0.2) is 17.2 Å². The van der Waals surface area contributed by atoms with Crippen molar-refractivity contribution in [1.82, 2.24) is 14.2 Å². The molecule has 0 aromatic carbocycles. The predicted octanol–water partition coefficient (Wildman–Crippen LogP) is 1.44. The van der Waals surface area contributed by atoms with Crippen LogP contribution in [-0.4, -0.2) is 67.4 Å². The van der Waals surface area contributed by atoms with Crippen LogP contribution in [0.3, 0.4) is 0 Å². The van der Waals surface area contributed by atoms with Gasteiger partial charge in [-0.25, -0.2) is 8.42 Å². The van der Waals surface area contributed by atoms with Crippen LogP contribution in [0, 0.1) is 0 Å². The Labute approximate surface area is 143 Å². The van der Waals surface area contributed by atoms with Gasteiger partial charge in [-0.3, -0.25) is 4.79 Å². The Morgan fingerprint density at radius 1 is 1.29 bits per heavy atom. The zero-order chi connectivity index (χ0) is 17.2. The molecule has 1 unspecified atom stereocenters. The topological polar surface area (TPSA) is 82.7 Å². The molecule has 3 rings (SSSR count). The number of piperidine rings is 1. The number of aromatic nitrogens is 1. The van der Waals surface area contributed by atoms with Gasteiger partial charge in [0.2, 0.25) is 10.0 Å². The molecule has 0 bridgehead atoms. The Kier molecular flexibility index (Phi) is 5.27. The van der Waals surface area contributed by atoms with Crippen LogP contribution in [0.5, 0.6) is 0 Å². The van der Waals surface area contributed by atoms with Crippen molar-refractivity contribution in [1.29, 1.82) is 0 Å². The fraction of sp³-hybridized carbons (Fsp3) is 0.688. The smallest absolute Gasteiger partial charge is 0.270 e. The summed E-state index contributed by atoms with van der Waals surface area (Å²) in [6.45, 7) is 4.33. The fourth-order valence-electron chi connectivity index (χ4n) is 3.43. The lowest BCUT2D eigenvalue weighted by atomic mass is 10.00. The number of likely N-dealkylation sites (tertiary alicyclic amines) is 1. The van der Waals surface area contributed by atoms with Gasteiger partial charge in [0.15, 0.2) is 0 Å². The van der Waals surface area contributed by atoms with Gasteiger partial charge in [-0.15, -0.1) is 0 Å². The number of carbonyl (C=O) groups is 1. The van der Waals surface area contributed by atoms with Crippen molar-refractivity contribution < 1.29 is 17.9 Å². The van der Waals surface area contributed by atoms with E-state index in [0.717, 1.165) is 32.2 Å². The van der Waals surface area contributed by atoms with Crippen LogP contribution in [0.4, 0.5) is 0 Å². The third-order valence-electron chi connectivity index (χ3n) is 4.85. The summed E-state index contributed by atoms with van der Waals surface area (Å²) in [6.07, 6.45) is 5.50. The maximum Gasteiger partial charge on any atom is 0.270 e. The van der Waals surface area contributed by atoms with Crippen molar-refractivity contribution >= 4 is 15.9 Å². The van der Waals surface area contributed by atoms with Gasteiger partial charge in [0, 0.05) is 31.9 Å². The molecule has 1 amide bonds. The van der Waals surface area contributed by atoms with Gasteiger partial charge in [0.25, 0.3) is 5.91 Å². The average molecular weight is 355 g/mol. The van der Waals surface area contributed by atoms with E-state index in [2.05, 4.69) is 11.9 Å². The number of nitrogens with one attached hydrogen (secondary N) is 1. The number of morpholine rings is 1. The average Bonchev–Trinajstić information content (AvgIpc) is 3.13. The molecule has 2 aliphatic heterocycles. The first-order chi connectivity index (χ1) is 11.5. The summed E-state index contributed by atoms with van der Waals surface area (Å²) in [5, 5.41) is 0. The van der Waals surface area contributed by atoms with E-state index in [1.807, 2.05) is 4.90 Å². The quantitative estimate of drug-likeness (QED) is 0.886. The number of hydrogen-bond acceptors (Lipinski definition) is 4. The summed E-state index contributed by atoms with van der Waals surface area (Å²) < 4.78 is 31.9. The van der Waals surface area contributed by atoms with Crippen LogP contribution in [0.25, 0.3) is 0 Å². The first-order valence-corrected chi connectivity index (χ1v) is 10.1. The van der Waals surface area contributed by atoms with E-state index in [9.17, 15) is 13.2 Å². The van der Waals surface area contributed by atoms with Crippen molar-refractivity contribution in [2.24, 2.45) is 0 Å². The zero-order valence-electron chi connectivity index (χ0n) is 14.0. The minimum absolute atomic E-state index is 0.107. The molecule has 24 heavy (non-hydrogen) atoms. The molecule has 1 N–H and O–H groups in total. The summed E-state index contributed by atoms with van der Waals surface area (Å²) in [4.78, 5) is 17.6. The Bertz CT molecular complexity index is 679. The molecule has 0 spiro atoms. The molecule has 8 heteroatoms. The highest BCUT2D eigenvalue weighted by Crippen LogP contribution is 2.23. The van der Waals surface area contributed by atoms with Gasteiger partial charge in [0.05, 0.1) is 13.2 Å². The summed E-state index contributed by atoms with van der Waals surface area (Å²) in [5.74, 6) is -0.107. The third kappa shape index (κ3) is 3.36. The number of ether oxygens (including phenoxy) is 1. The summed E-state index contributed by atoms with van der Waals surface area (Å²) in [5.41, 5.74) is 0.349. The van der Waals surface area contributed by atoms with Crippen LogP contribution >= 0.6 is 0 Å². The number of aromatic amines is 1. The highest BCUT2D eigenvalue weighted by molar-refractivity contribution is 7.89. The minimum Gasteiger partial charge on any atom is -0.379 e. The van der Waals surface area contributed by atoms with E-state index >= 15 is 0 Å². The van der Waals surface area contributed by atoms with Crippen molar-refractivity contribution in [3.8, 4) is 0 Å². The second-order valence-electron chi connectivity index (χ2n) is 6.32. The fourth-order valence-corrected chi connectivity index (χ4v) is 4.83. The predicted molar refractivity (Wildman–Crippen MR) is 89.3 cm³/mol. The number of carbonyl (C=O) groups excluding carboxylic acids is 1. The van der Waals surface area contributed by atoms with Gasteiger partial charge < -0.3 is 14.6 Å². The molecule has 1 atom stereocenters.